The van der Waals surface area contributed by atoms with Gasteiger partial charge < -0.3 is 5.32 Å². The van der Waals surface area contributed by atoms with Gasteiger partial charge in [0, 0.05) is 6.04 Å². The monoisotopic (exact) mass is 113 g/mol. The second kappa shape index (κ2) is 2.49. The fourth-order valence-electron chi connectivity index (χ4n) is 1.18. The van der Waals surface area contributed by atoms with Gasteiger partial charge in [0.15, 0.2) is 0 Å². The Hall–Kier alpha value is -0.0400. The second-order valence-electron chi connectivity index (χ2n) is 2.77. The molecule has 0 aromatic heterocycles. The molecule has 1 rings (SSSR count). The largest absolute Gasteiger partial charge is 0.317 e. The Bertz CT molecular complexity index is 64.0. The molecule has 0 aliphatic heterocycles. The fraction of sp³-hybridized carbons (Fsp3) is 1.00. The Morgan fingerprint density at radius 1 is 1.50 bits per heavy atom. The van der Waals surface area contributed by atoms with Crippen LogP contribution in [0.3, 0.4) is 0 Å². The van der Waals surface area contributed by atoms with Crippen molar-refractivity contribution < 1.29 is 0 Å². The lowest BCUT2D eigenvalue weighted by atomic mass is 9.80. The van der Waals surface area contributed by atoms with Gasteiger partial charge in [-0.25, -0.2) is 0 Å². The number of hydrogen-bond acceptors (Lipinski definition) is 1. The zero-order valence-corrected chi connectivity index (χ0v) is 5.78. The Morgan fingerprint density at radius 2 is 2.12 bits per heavy atom. The Labute approximate surface area is 51.5 Å². The summed E-state index contributed by atoms with van der Waals surface area (Å²) in [5.41, 5.74) is 0. The third-order valence-electron chi connectivity index (χ3n) is 2.31. The summed E-state index contributed by atoms with van der Waals surface area (Å²) in [6, 6.07) is 0.753. The number of hydrogen-bond donors (Lipinski definition) is 1. The van der Waals surface area contributed by atoms with E-state index in [2.05, 4.69) is 12.2 Å². The van der Waals surface area contributed by atoms with E-state index in [9.17, 15) is 0 Å². The number of nitrogens with one attached hydrogen (secondary N) is 1. The molecule has 0 heterocycles. The summed E-state index contributed by atoms with van der Waals surface area (Å²) in [5.74, 6) is 0.986. The molecular weight excluding hydrogens is 98.1 g/mol. The van der Waals surface area contributed by atoms with Crippen LogP contribution in [0.5, 0.6) is 0 Å². The van der Waals surface area contributed by atoms with Crippen molar-refractivity contribution in [3.8, 4) is 0 Å². The van der Waals surface area contributed by atoms with Crippen LogP contribution < -0.4 is 5.32 Å². The highest BCUT2D eigenvalue weighted by Gasteiger charge is 2.21. The van der Waals surface area contributed by atoms with Crippen molar-refractivity contribution >= 4 is 0 Å². The van der Waals surface area contributed by atoms with Crippen LogP contribution in [-0.4, -0.2) is 13.1 Å². The normalized spacial score (nSPS) is 24.8. The van der Waals surface area contributed by atoms with E-state index in [0.717, 1.165) is 12.0 Å². The molecule has 0 spiro atoms. The van der Waals surface area contributed by atoms with Crippen molar-refractivity contribution in [1.82, 2.24) is 5.32 Å². The van der Waals surface area contributed by atoms with E-state index < -0.39 is 0 Å². The molecule has 0 aromatic rings. The minimum atomic E-state index is 0.753. The smallest absolute Gasteiger partial charge is 0.00639 e. The van der Waals surface area contributed by atoms with Crippen molar-refractivity contribution in [3.05, 3.63) is 0 Å². The predicted molar refractivity (Wildman–Crippen MR) is 35.9 cm³/mol. The summed E-state index contributed by atoms with van der Waals surface area (Å²) in [5, 5.41) is 3.27. The van der Waals surface area contributed by atoms with Crippen molar-refractivity contribution in [3.63, 3.8) is 0 Å². The summed E-state index contributed by atoms with van der Waals surface area (Å²) < 4.78 is 0. The van der Waals surface area contributed by atoms with Crippen molar-refractivity contribution in [2.24, 2.45) is 5.92 Å². The van der Waals surface area contributed by atoms with Gasteiger partial charge in [0.25, 0.3) is 0 Å². The van der Waals surface area contributed by atoms with Gasteiger partial charge in [0.05, 0.1) is 0 Å². The molecule has 0 aromatic carbocycles. The van der Waals surface area contributed by atoms with Crippen LogP contribution in [0.25, 0.3) is 0 Å². The average Bonchev–Trinajstić information content (AvgIpc) is 1.62. The summed E-state index contributed by atoms with van der Waals surface area (Å²) in [6.45, 7) is 2.27. The minimum absolute atomic E-state index is 0.753. The van der Waals surface area contributed by atoms with Crippen LogP contribution >= 0.6 is 0 Å². The maximum absolute atomic E-state index is 3.27. The first kappa shape index (κ1) is 6.09. The molecule has 0 bridgehead atoms. The van der Waals surface area contributed by atoms with Gasteiger partial charge in [-0.2, -0.15) is 0 Å². The van der Waals surface area contributed by atoms with E-state index >= 15 is 0 Å². The van der Waals surface area contributed by atoms with Crippen LogP contribution in [0.4, 0.5) is 0 Å². The SMILES string of the molecule is CNC(C)C1CCC1. The molecule has 0 amide bonds. The third kappa shape index (κ3) is 1.03. The van der Waals surface area contributed by atoms with E-state index in [4.69, 9.17) is 0 Å². The van der Waals surface area contributed by atoms with E-state index in [-0.39, 0.29) is 0 Å². The third-order valence-corrected chi connectivity index (χ3v) is 2.31. The molecule has 48 valence electrons. The Balaban J connectivity index is 2.13. The Morgan fingerprint density at radius 3 is 2.25 bits per heavy atom. The maximum Gasteiger partial charge on any atom is 0.00639 e. The fourth-order valence-corrected chi connectivity index (χ4v) is 1.18. The molecule has 1 saturated carbocycles. The van der Waals surface area contributed by atoms with Crippen molar-refractivity contribution in [2.75, 3.05) is 7.05 Å². The molecule has 8 heavy (non-hydrogen) atoms. The van der Waals surface area contributed by atoms with Gasteiger partial charge in [0.1, 0.15) is 0 Å². The van der Waals surface area contributed by atoms with Crippen LogP contribution in [0.15, 0.2) is 0 Å². The van der Waals surface area contributed by atoms with E-state index in [1.54, 1.807) is 0 Å². The van der Waals surface area contributed by atoms with E-state index in [1.807, 2.05) is 7.05 Å². The lowest BCUT2D eigenvalue weighted by Gasteiger charge is -2.30. The molecule has 0 saturated heterocycles. The first-order valence-electron chi connectivity index (χ1n) is 3.52. The molecule has 1 unspecified atom stereocenters. The van der Waals surface area contributed by atoms with Gasteiger partial charge in [-0.15, -0.1) is 0 Å². The zero-order chi connectivity index (χ0) is 5.98. The number of rotatable bonds is 2. The zero-order valence-electron chi connectivity index (χ0n) is 5.78. The van der Waals surface area contributed by atoms with E-state index in [0.29, 0.717) is 0 Å². The van der Waals surface area contributed by atoms with Crippen LogP contribution in [-0.2, 0) is 0 Å². The molecule has 1 N–H and O–H groups in total. The molecule has 1 nitrogen and oxygen atoms in total. The molecular formula is C7H15N. The van der Waals surface area contributed by atoms with Crippen molar-refractivity contribution in [2.45, 2.75) is 32.2 Å². The van der Waals surface area contributed by atoms with Gasteiger partial charge >= 0.3 is 0 Å². The highest BCUT2D eigenvalue weighted by Crippen LogP contribution is 2.28. The highest BCUT2D eigenvalue weighted by atomic mass is 14.9. The van der Waals surface area contributed by atoms with Gasteiger partial charge in [-0.3, -0.25) is 0 Å². The lowest BCUT2D eigenvalue weighted by molar-refractivity contribution is 0.249. The summed E-state index contributed by atoms with van der Waals surface area (Å²) in [7, 11) is 2.04. The average molecular weight is 113 g/mol. The summed E-state index contributed by atoms with van der Waals surface area (Å²) >= 11 is 0. The van der Waals surface area contributed by atoms with Crippen LogP contribution in [0, 0.1) is 5.92 Å². The van der Waals surface area contributed by atoms with E-state index in [1.165, 1.54) is 19.3 Å². The molecule has 1 fully saturated rings. The van der Waals surface area contributed by atoms with Gasteiger partial charge in [-0.1, -0.05) is 6.42 Å². The quantitative estimate of drug-likeness (QED) is 0.570. The second-order valence-corrected chi connectivity index (χ2v) is 2.77. The van der Waals surface area contributed by atoms with Crippen LogP contribution in [0.1, 0.15) is 26.2 Å². The lowest BCUT2D eigenvalue weighted by Crippen LogP contribution is -2.34. The molecule has 1 atom stereocenters. The van der Waals surface area contributed by atoms with Crippen LogP contribution in [0.2, 0.25) is 0 Å². The van der Waals surface area contributed by atoms with Gasteiger partial charge in [-0.05, 0) is 32.7 Å². The Kier molecular flexibility index (Phi) is 1.90. The maximum atomic E-state index is 3.27. The topological polar surface area (TPSA) is 12.0 Å². The molecule has 1 aliphatic carbocycles. The predicted octanol–water partition coefficient (Wildman–Crippen LogP) is 1.39. The molecule has 1 aliphatic rings. The van der Waals surface area contributed by atoms with Crippen molar-refractivity contribution in [1.29, 1.82) is 0 Å². The standard InChI is InChI=1S/C7H15N/c1-6(8-2)7-4-3-5-7/h6-8H,3-5H2,1-2H3. The van der Waals surface area contributed by atoms with Gasteiger partial charge in [0.2, 0.25) is 0 Å². The highest BCUT2D eigenvalue weighted by molar-refractivity contribution is 4.77. The minimum Gasteiger partial charge on any atom is -0.317 e. The summed E-state index contributed by atoms with van der Waals surface area (Å²) in [6.07, 6.45) is 4.35. The first-order chi connectivity index (χ1) is 3.84. The first-order valence-corrected chi connectivity index (χ1v) is 3.52. The molecule has 1 heteroatoms. The molecule has 0 radical (unpaired) electrons. The summed E-state index contributed by atoms with van der Waals surface area (Å²) in [4.78, 5) is 0.